The SMILES string of the molecule is CC=C/C=C/C.c1ccncc1. The van der Waals surface area contributed by atoms with Gasteiger partial charge in [0.15, 0.2) is 0 Å². The standard InChI is InChI=1S/C6H10.C5H5N/c1-3-5-6-4-2;1-2-4-6-5-3-1/h3-6H,1-2H3;1-5H/b5-3+,6-4?;. The summed E-state index contributed by atoms with van der Waals surface area (Å²) in [4.78, 5) is 3.78. The van der Waals surface area contributed by atoms with Crippen molar-refractivity contribution in [2.75, 3.05) is 0 Å². The summed E-state index contributed by atoms with van der Waals surface area (Å²) in [5, 5.41) is 0. The molecular weight excluding hydrogens is 146 g/mol. The van der Waals surface area contributed by atoms with E-state index in [1.807, 2.05) is 56.4 Å². The van der Waals surface area contributed by atoms with Crippen molar-refractivity contribution >= 4 is 0 Å². The van der Waals surface area contributed by atoms with Gasteiger partial charge in [0.25, 0.3) is 0 Å². The highest BCUT2D eigenvalue weighted by Gasteiger charge is 1.58. The summed E-state index contributed by atoms with van der Waals surface area (Å²) in [6.45, 7) is 4.00. The highest BCUT2D eigenvalue weighted by atomic mass is 14.6. The number of hydrogen-bond acceptors (Lipinski definition) is 1. The van der Waals surface area contributed by atoms with Crippen molar-refractivity contribution in [1.82, 2.24) is 4.98 Å². The maximum atomic E-state index is 3.78. The molecule has 12 heavy (non-hydrogen) atoms. The van der Waals surface area contributed by atoms with Crippen molar-refractivity contribution in [2.45, 2.75) is 13.8 Å². The molecule has 0 fully saturated rings. The minimum Gasteiger partial charge on any atom is -0.265 e. The van der Waals surface area contributed by atoms with Gasteiger partial charge < -0.3 is 0 Å². The average molecular weight is 161 g/mol. The first kappa shape index (κ1) is 10.6. The summed E-state index contributed by atoms with van der Waals surface area (Å²) in [5.74, 6) is 0. The van der Waals surface area contributed by atoms with E-state index in [0.717, 1.165) is 0 Å². The van der Waals surface area contributed by atoms with Crippen LogP contribution < -0.4 is 0 Å². The second-order valence-electron chi connectivity index (χ2n) is 2.08. The van der Waals surface area contributed by atoms with Crippen LogP contribution in [0.2, 0.25) is 0 Å². The molecule has 0 unspecified atom stereocenters. The molecule has 1 heterocycles. The second kappa shape index (κ2) is 9.63. The maximum Gasteiger partial charge on any atom is 0.0267 e. The van der Waals surface area contributed by atoms with Gasteiger partial charge in [-0.15, -0.1) is 0 Å². The molecule has 1 aromatic rings. The highest BCUT2D eigenvalue weighted by molar-refractivity contribution is 4.98. The van der Waals surface area contributed by atoms with E-state index in [-0.39, 0.29) is 0 Å². The third-order valence-electron chi connectivity index (χ3n) is 1.06. The summed E-state index contributed by atoms with van der Waals surface area (Å²) in [7, 11) is 0. The zero-order valence-electron chi connectivity index (χ0n) is 7.64. The van der Waals surface area contributed by atoms with Gasteiger partial charge in [-0.3, -0.25) is 4.98 Å². The lowest BCUT2D eigenvalue weighted by atomic mass is 10.5. The first-order chi connectivity index (χ1) is 5.91. The molecule has 1 heteroatoms. The van der Waals surface area contributed by atoms with Crippen LogP contribution in [-0.4, -0.2) is 4.98 Å². The molecule has 1 rings (SSSR count). The lowest BCUT2D eigenvalue weighted by molar-refractivity contribution is 1.33. The van der Waals surface area contributed by atoms with Crippen LogP contribution in [0.25, 0.3) is 0 Å². The van der Waals surface area contributed by atoms with E-state index in [9.17, 15) is 0 Å². The molecule has 0 aliphatic carbocycles. The molecule has 1 aromatic heterocycles. The molecule has 0 aliphatic heterocycles. The lowest BCUT2D eigenvalue weighted by Gasteiger charge is -1.70. The van der Waals surface area contributed by atoms with Gasteiger partial charge in [0, 0.05) is 12.4 Å². The van der Waals surface area contributed by atoms with E-state index in [4.69, 9.17) is 0 Å². The molecule has 0 saturated carbocycles. The van der Waals surface area contributed by atoms with Crippen LogP contribution in [0.15, 0.2) is 54.9 Å². The van der Waals surface area contributed by atoms with Crippen LogP contribution in [0, 0.1) is 0 Å². The zero-order valence-corrected chi connectivity index (χ0v) is 7.64. The van der Waals surface area contributed by atoms with Crippen molar-refractivity contribution in [1.29, 1.82) is 0 Å². The smallest absolute Gasteiger partial charge is 0.0267 e. The predicted octanol–water partition coefficient (Wildman–Crippen LogP) is 3.22. The van der Waals surface area contributed by atoms with E-state index in [0.29, 0.717) is 0 Å². The Morgan fingerprint density at radius 2 is 1.33 bits per heavy atom. The Bertz CT molecular complexity index is 175. The van der Waals surface area contributed by atoms with E-state index in [1.54, 1.807) is 12.4 Å². The number of allylic oxidation sites excluding steroid dienone is 4. The molecule has 0 saturated heterocycles. The monoisotopic (exact) mass is 161 g/mol. The van der Waals surface area contributed by atoms with Gasteiger partial charge in [0.2, 0.25) is 0 Å². The van der Waals surface area contributed by atoms with Gasteiger partial charge in [-0.1, -0.05) is 30.4 Å². The van der Waals surface area contributed by atoms with Crippen molar-refractivity contribution in [2.24, 2.45) is 0 Å². The van der Waals surface area contributed by atoms with E-state index in [1.165, 1.54) is 0 Å². The minimum absolute atomic E-state index is 1.75. The molecule has 0 radical (unpaired) electrons. The molecule has 0 aliphatic rings. The van der Waals surface area contributed by atoms with Gasteiger partial charge in [0.1, 0.15) is 0 Å². The Balaban J connectivity index is 0.000000202. The van der Waals surface area contributed by atoms with Crippen LogP contribution >= 0.6 is 0 Å². The van der Waals surface area contributed by atoms with Crippen LogP contribution in [-0.2, 0) is 0 Å². The van der Waals surface area contributed by atoms with Gasteiger partial charge in [-0.25, -0.2) is 0 Å². The van der Waals surface area contributed by atoms with Crippen LogP contribution in [0.5, 0.6) is 0 Å². The van der Waals surface area contributed by atoms with Crippen molar-refractivity contribution in [3.8, 4) is 0 Å². The fourth-order valence-corrected chi connectivity index (χ4v) is 0.535. The molecule has 0 amide bonds. The number of nitrogens with zero attached hydrogens (tertiary/aromatic N) is 1. The summed E-state index contributed by atoms with van der Waals surface area (Å²) < 4.78 is 0. The predicted molar refractivity (Wildman–Crippen MR) is 53.9 cm³/mol. The van der Waals surface area contributed by atoms with Crippen LogP contribution in [0.3, 0.4) is 0 Å². The van der Waals surface area contributed by atoms with Crippen molar-refractivity contribution in [3.05, 3.63) is 54.9 Å². The molecule has 64 valence electrons. The zero-order chi connectivity index (χ0) is 9.07. The highest BCUT2D eigenvalue weighted by Crippen LogP contribution is 1.73. The summed E-state index contributed by atoms with van der Waals surface area (Å²) >= 11 is 0. The molecule has 0 N–H and O–H groups in total. The molecule has 0 atom stereocenters. The molecule has 0 aromatic carbocycles. The van der Waals surface area contributed by atoms with Crippen molar-refractivity contribution in [3.63, 3.8) is 0 Å². The quantitative estimate of drug-likeness (QED) is 0.576. The lowest BCUT2D eigenvalue weighted by Crippen LogP contribution is -1.58. The van der Waals surface area contributed by atoms with E-state index < -0.39 is 0 Å². The van der Waals surface area contributed by atoms with Gasteiger partial charge >= 0.3 is 0 Å². The second-order valence-corrected chi connectivity index (χ2v) is 2.08. The fourth-order valence-electron chi connectivity index (χ4n) is 0.535. The van der Waals surface area contributed by atoms with Crippen molar-refractivity contribution < 1.29 is 0 Å². The largest absolute Gasteiger partial charge is 0.265 e. The Kier molecular flexibility index (Phi) is 8.53. The number of hydrogen-bond donors (Lipinski definition) is 0. The maximum absolute atomic E-state index is 3.78. The first-order valence-corrected chi connectivity index (χ1v) is 4.00. The Morgan fingerprint density at radius 1 is 0.833 bits per heavy atom. The third kappa shape index (κ3) is 8.63. The van der Waals surface area contributed by atoms with E-state index in [2.05, 4.69) is 4.98 Å². The van der Waals surface area contributed by atoms with E-state index >= 15 is 0 Å². The normalized spacial score (nSPS) is 9.83. The Labute approximate surface area is 74.5 Å². The molecule has 0 spiro atoms. The fraction of sp³-hybridized carbons (Fsp3) is 0.182. The topological polar surface area (TPSA) is 12.9 Å². The number of rotatable bonds is 1. The summed E-state index contributed by atoms with van der Waals surface area (Å²) in [6.07, 6.45) is 11.5. The molecular formula is C11H15N. The van der Waals surface area contributed by atoms with Crippen LogP contribution in [0.4, 0.5) is 0 Å². The number of pyridine rings is 1. The third-order valence-corrected chi connectivity index (χ3v) is 1.06. The van der Waals surface area contributed by atoms with Gasteiger partial charge in [-0.05, 0) is 26.0 Å². The average Bonchev–Trinajstić information content (AvgIpc) is 2.18. The summed E-state index contributed by atoms with van der Waals surface area (Å²) in [5.41, 5.74) is 0. The Hall–Kier alpha value is -1.37. The molecule has 1 nitrogen and oxygen atoms in total. The number of aromatic nitrogens is 1. The Morgan fingerprint density at radius 3 is 1.50 bits per heavy atom. The van der Waals surface area contributed by atoms with Gasteiger partial charge in [-0.2, -0.15) is 0 Å². The van der Waals surface area contributed by atoms with Gasteiger partial charge in [0.05, 0.1) is 0 Å². The van der Waals surface area contributed by atoms with Crippen LogP contribution in [0.1, 0.15) is 13.8 Å². The first-order valence-electron chi connectivity index (χ1n) is 4.00. The minimum atomic E-state index is 1.75. The summed E-state index contributed by atoms with van der Waals surface area (Å²) in [6, 6.07) is 5.72. The molecule has 0 bridgehead atoms.